The van der Waals surface area contributed by atoms with Gasteiger partial charge in [-0.1, -0.05) is 18.2 Å². The van der Waals surface area contributed by atoms with Crippen LogP contribution in [0.4, 0.5) is 4.39 Å². The number of hydrogen-bond donors (Lipinski definition) is 0. The van der Waals surface area contributed by atoms with E-state index in [1.807, 2.05) is 18.3 Å². The van der Waals surface area contributed by atoms with E-state index in [2.05, 4.69) is 11.1 Å². The molecule has 2 aromatic carbocycles. The number of fused-ring (bicyclic) bond motifs is 1. The fraction of sp³-hybridized carbons (Fsp3) is 0.263. The molecule has 3 nitrogen and oxygen atoms in total. The van der Waals surface area contributed by atoms with Crippen LogP contribution in [0.2, 0.25) is 0 Å². The minimum atomic E-state index is -0.613. The topological polar surface area (TPSA) is 45.4 Å². The van der Waals surface area contributed by atoms with Crippen LogP contribution in [0.5, 0.6) is 0 Å². The number of nitriles is 1. The fourth-order valence-corrected chi connectivity index (χ4v) is 3.16. The summed E-state index contributed by atoms with van der Waals surface area (Å²) in [6.45, 7) is 0.450. The number of benzene rings is 2. The van der Waals surface area contributed by atoms with Crippen LogP contribution in [0.25, 0.3) is 0 Å². The van der Waals surface area contributed by atoms with E-state index in [1.165, 1.54) is 12.1 Å². The van der Waals surface area contributed by atoms with Crippen LogP contribution in [-0.2, 0) is 16.9 Å². The van der Waals surface area contributed by atoms with Crippen molar-refractivity contribution in [1.29, 1.82) is 5.26 Å². The van der Waals surface area contributed by atoms with Gasteiger partial charge in [0.05, 0.1) is 18.2 Å². The van der Waals surface area contributed by atoms with Gasteiger partial charge in [0.25, 0.3) is 0 Å². The monoisotopic (exact) mass is 308 g/mol. The fourth-order valence-electron chi connectivity index (χ4n) is 3.16. The Morgan fingerprint density at radius 3 is 2.78 bits per heavy atom. The predicted molar refractivity (Wildman–Crippen MR) is 86.8 cm³/mol. The van der Waals surface area contributed by atoms with Gasteiger partial charge in [-0.2, -0.15) is 5.26 Å². The van der Waals surface area contributed by atoms with Gasteiger partial charge in [0.15, 0.2) is 0 Å². The van der Waals surface area contributed by atoms with Crippen LogP contribution in [0, 0.1) is 17.1 Å². The Balaban J connectivity index is 2.09. The quantitative estimate of drug-likeness (QED) is 0.803. The number of rotatable bonds is 4. The van der Waals surface area contributed by atoms with Crippen molar-refractivity contribution in [2.24, 2.45) is 4.99 Å². The van der Waals surface area contributed by atoms with Crippen LogP contribution < -0.4 is 0 Å². The molecular formula is C19H17FN2O. The van der Waals surface area contributed by atoms with Crippen molar-refractivity contribution in [2.75, 3.05) is 7.05 Å². The van der Waals surface area contributed by atoms with E-state index in [4.69, 9.17) is 10.00 Å². The summed E-state index contributed by atoms with van der Waals surface area (Å²) in [6.07, 6.45) is 3.33. The van der Waals surface area contributed by atoms with Crippen molar-refractivity contribution in [3.05, 3.63) is 70.5 Å². The van der Waals surface area contributed by atoms with Crippen molar-refractivity contribution in [3.63, 3.8) is 0 Å². The zero-order valence-electron chi connectivity index (χ0n) is 12.9. The summed E-state index contributed by atoms with van der Waals surface area (Å²) in [5.41, 5.74) is 3.00. The molecule has 0 radical (unpaired) electrons. The SMILES string of the molecule is CN=CCCC1(c2ccc(F)cc2)OCc2cc(C#N)ccc21. The number of halogens is 1. The first-order valence-electron chi connectivity index (χ1n) is 7.54. The molecule has 0 aromatic heterocycles. The molecule has 1 unspecified atom stereocenters. The van der Waals surface area contributed by atoms with E-state index in [-0.39, 0.29) is 5.82 Å². The minimum Gasteiger partial charge on any atom is -0.361 e. The molecule has 0 aliphatic carbocycles. The molecule has 116 valence electrons. The summed E-state index contributed by atoms with van der Waals surface area (Å²) < 4.78 is 19.5. The Bertz CT molecular complexity index is 777. The van der Waals surface area contributed by atoms with Crippen LogP contribution in [0.3, 0.4) is 0 Å². The van der Waals surface area contributed by atoms with Gasteiger partial charge >= 0.3 is 0 Å². The van der Waals surface area contributed by atoms with Gasteiger partial charge in [-0.05, 0) is 60.0 Å². The Hall–Kier alpha value is -2.51. The highest BCUT2D eigenvalue weighted by molar-refractivity contribution is 5.58. The third kappa shape index (κ3) is 2.76. The molecule has 2 aromatic rings. The predicted octanol–water partition coefficient (Wildman–Crippen LogP) is 3.95. The molecule has 0 amide bonds. The van der Waals surface area contributed by atoms with Crippen molar-refractivity contribution in [3.8, 4) is 6.07 Å². The third-order valence-corrected chi connectivity index (χ3v) is 4.26. The summed E-state index contributed by atoms with van der Waals surface area (Å²) in [5, 5.41) is 9.07. The van der Waals surface area contributed by atoms with Gasteiger partial charge in [-0.15, -0.1) is 0 Å². The van der Waals surface area contributed by atoms with E-state index < -0.39 is 5.60 Å². The summed E-state index contributed by atoms with van der Waals surface area (Å²) in [7, 11) is 1.74. The summed E-state index contributed by atoms with van der Waals surface area (Å²) in [6, 6.07) is 14.2. The lowest BCUT2D eigenvalue weighted by molar-refractivity contribution is -0.0100. The van der Waals surface area contributed by atoms with Crippen molar-refractivity contribution in [2.45, 2.75) is 25.0 Å². The lowest BCUT2D eigenvalue weighted by Crippen LogP contribution is -2.27. The van der Waals surface area contributed by atoms with E-state index in [1.54, 1.807) is 25.2 Å². The molecule has 0 fully saturated rings. The van der Waals surface area contributed by atoms with Crippen LogP contribution in [0.1, 0.15) is 35.1 Å². The molecular weight excluding hydrogens is 291 g/mol. The molecule has 0 saturated carbocycles. The number of aliphatic imine (C=N–C) groups is 1. The largest absolute Gasteiger partial charge is 0.361 e. The van der Waals surface area contributed by atoms with Gasteiger partial charge in [0, 0.05) is 7.05 Å². The molecule has 3 rings (SSSR count). The molecule has 0 spiro atoms. The van der Waals surface area contributed by atoms with Crippen molar-refractivity contribution < 1.29 is 9.13 Å². The summed E-state index contributed by atoms with van der Waals surface area (Å²) in [5.74, 6) is -0.267. The van der Waals surface area contributed by atoms with Gasteiger partial charge in [-0.25, -0.2) is 4.39 Å². The van der Waals surface area contributed by atoms with E-state index in [0.29, 0.717) is 12.2 Å². The Kier molecular flexibility index (Phi) is 4.22. The van der Waals surface area contributed by atoms with E-state index >= 15 is 0 Å². The second-order valence-electron chi connectivity index (χ2n) is 5.59. The summed E-state index contributed by atoms with van der Waals surface area (Å²) >= 11 is 0. The zero-order chi connectivity index (χ0) is 16.3. The maximum atomic E-state index is 13.3. The molecule has 0 N–H and O–H groups in total. The van der Waals surface area contributed by atoms with Gasteiger partial charge in [-0.3, -0.25) is 0 Å². The van der Waals surface area contributed by atoms with Gasteiger partial charge < -0.3 is 9.73 Å². The average Bonchev–Trinajstić information content (AvgIpc) is 2.95. The lowest BCUT2D eigenvalue weighted by atomic mass is 9.82. The molecule has 0 bridgehead atoms. The van der Waals surface area contributed by atoms with Crippen molar-refractivity contribution in [1.82, 2.24) is 0 Å². The molecule has 1 atom stereocenters. The van der Waals surface area contributed by atoms with Crippen LogP contribution in [0.15, 0.2) is 47.5 Å². The van der Waals surface area contributed by atoms with Gasteiger partial charge in [0.1, 0.15) is 11.4 Å². The first kappa shape index (κ1) is 15.4. The molecule has 4 heteroatoms. The first-order chi connectivity index (χ1) is 11.2. The summed E-state index contributed by atoms with van der Waals surface area (Å²) in [4.78, 5) is 4.04. The Morgan fingerprint density at radius 1 is 1.30 bits per heavy atom. The molecule has 1 aliphatic rings. The highest BCUT2D eigenvalue weighted by Gasteiger charge is 2.41. The molecule has 1 heterocycles. The number of hydrogen-bond acceptors (Lipinski definition) is 3. The van der Waals surface area contributed by atoms with Crippen molar-refractivity contribution >= 4 is 6.21 Å². The van der Waals surface area contributed by atoms with Gasteiger partial charge in [0.2, 0.25) is 0 Å². The second kappa shape index (κ2) is 6.31. The highest BCUT2D eigenvalue weighted by Crippen LogP contribution is 2.45. The number of ether oxygens (including phenoxy) is 1. The third-order valence-electron chi connectivity index (χ3n) is 4.26. The van der Waals surface area contributed by atoms with Crippen LogP contribution >= 0.6 is 0 Å². The molecule has 23 heavy (non-hydrogen) atoms. The highest BCUT2D eigenvalue weighted by atomic mass is 19.1. The maximum absolute atomic E-state index is 13.3. The Morgan fingerprint density at radius 2 is 2.09 bits per heavy atom. The number of nitrogens with zero attached hydrogens (tertiary/aromatic N) is 2. The van der Waals surface area contributed by atoms with E-state index in [9.17, 15) is 4.39 Å². The molecule has 0 saturated heterocycles. The van der Waals surface area contributed by atoms with E-state index in [0.717, 1.165) is 29.5 Å². The lowest BCUT2D eigenvalue weighted by Gasteiger charge is -2.30. The second-order valence-corrected chi connectivity index (χ2v) is 5.59. The molecule has 1 aliphatic heterocycles. The average molecular weight is 308 g/mol. The first-order valence-corrected chi connectivity index (χ1v) is 7.54. The normalized spacial score (nSPS) is 19.7. The minimum absolute atomic E-state index is 0.267. The smallest absolute Gasteiger partial charge is 0.123 e. The Labute approximate surface area is 135 Å². The van der Waals surface area contributed by atoms with Crippen LogP contribution in [-0.4, -0.2) is 13.3 Å². The zero-order valence-corrected chi connectivity index (χ0v) is 12.9. The maximum Gasteiger partial charge on any atom is 0.123 e. The standard InChI is InChI=1S/C19H17FN2O/c1-22-10-2-9-19(16-4-6-17(20)7-5-16)18-8-3-14(12-21)11-15(18)13-23-19/h3-8,10-11H,2,9,13H2,1H3.